The molecule has 2 heterocycles. The van der Waals surface area contributed by atoms with Crippen LogP contribution in [0.25, 0.3) is 5.69 Å². The van der Waals surface area contributed by atoms with Crippen molar-refractivity contribution in [3.63, 3.8) is 0 Å². The molecular formula is C24H29N5O3S. The average Bonchev–Trinajstić information content (AvgIpc) is 3.28. The first-order valence-corrected chi connectivity index (χ1v) is 12.0. The first-order valence-electron chi connectivity index (χ1n) is 11.0. The van der Waals surface area contributed by atoms with Gasteiger partial charge in [0.2, 0.25) is 11.9 Å². The maximum Gasteiger partial charge on any atom is 0.232 e. The number of carbonyl (C=O) groups is 1. The zero-order chi connectivity index (χ0) is 23.0. The van der Waals surface area contributed by atoms with Gasteiger partial charge in [-0.15, -0.1) is 10.2 Å². The molecule has 33 heavy (non-hydrogen) atoms. The molecule has 0 radical (unpaired) electrons. The fourth-order valence-electron chi connectivity index (χ4n) is 3.67. The van der Waals surface area contributed by atoms with Gasteiger partial charge in [-0.25, -0.2) is 0 Å². The van der Waals surface area contributed by atoms with Gasteiger partial charge in [0.1, 0.15) is 5.75 Å². The summed E-state index contributed by atoms with van der Waals surface area (Å²) in [6.45, 7) is 5.46. The lowest BCUT2D eigenvalue weighted by Crippen LogP contribution is -2.37. The van der Waals surface area contributed by atoms with Crippen LogP contribution in [0.3, 0.4) is 0 Å². The summed E-state index contributed by atoms with van der Waals surface area (Å²) in [7, 11) is 1.66. The molecular weight excluding hydrogens is 438 g/mol. The predicted octanol–water partition coefficient (Wildman–Crippen LogP) is 2.87. The molecule has 8 nitrogen and oxygen atoms in total. The van der Waals surface area contributed by atoms with Crippen molar-refractivity contribution in [2.45, 2.75) is 18.5 Å². The number of ether oxygens (including phenoxy) is 2. The lowest BCUT2D eigenvalue weighted by molar-refractivity contribution is -0.118. The minimum atomic E-state index is -0.0405. The molecule has 0 unspecified atom stereocenters. The fourth-order valence-corrected chi connectivity index (χ4v) is 4.45. The first kappa shape index (κ1) is 23.1. The first-order chi connectivity index (χ1) is 16.2. The van der Waals surface area contributed by atoms with Gasteiger partial charge in [0, 0.05) is 19.6 Å². The number of aryl methyl sites for hydroxylation is 1. The zero-order valence-electron chi connectivity index (χ0n) is 19.0. The van der Waals surface area contributed by atoms with Crippen LogP contribution in [0.2, 0.25) is 0 Å². The van der Waals surface area contributed by atoms with Crippen molar-refractivity contribution in [1.29, 1.82) is 0 Å². The molecule has 1 aliphatic heterocycles. The Kier molecular flexibility index (Phi) is 7.85. The Morgan fingerprint density at radius 3 is 2.64 bits per heavy atom. The number of benzene rings is 2. The van der Waals surface area contributed by atoms with Gasteiger partial charge >= 0.3 is 0 Å². The summed E-state index contributed by atoms with van der Waals surface area (Å²) in [4.78, 5) is 14.7. The summed E-state index contributed by atoms with van der Waals surface area (Å²) in [6, 6.07) is 16.1. The maximum absolute atomic E-state index is 12.5. The van der Waals surface area contributed by atoms with Gasteiger partial charge in [0.15, 0.2) is 5.16 Å². The van der Waals surface area contributed by atoms with E-state index < -0.39 is 0 Å². The Morgan fingerprint density at radius 1 is 1.12 bits per heavy atom. The molecule has 0 saturated carbocycles. The van der Waals surface area contributed by atoms with Crippen LogP contribution < -0.4 is 15.0 Å². The van der Waals surface area contributed by atoms with E-state index >= 15 is 0 Å². The highest BCUT2D eigenvalue weighted by molar-refractivity contribution is 7.99. The molecule has 4 rings (SSSR count). The highest BCUT2D eigenvalue weighted by atomic mass is 32.2. The van der Waals surface area contributed by atoms with E-state index in [-0.39, 0.29) is 11.7 Å². The quantitative estimate of drug-likeness (QED) is 0.485. The van der Waals surface area contributed by atoms with E-state index in [1.54, 1.807) is 7.11 Å². The Morgan fingerprint density at radius 2 is 1.88 bits per heavy atom. The molecule has 0 bridgehead atoms. The number of rotatable bonds is 9. The number of para-hydroxylation sites is 1. The normalized spacial score (nSPS) is 13.7. The van der Waals surface area contributed by atoms with Crippen LogP contribution in [0.1, 0.15) is 11.1 Å². The Balaban J connectivity index is 1.41. The Hall–Kier alpha value is -3.04. The van der Waals surface area contributed by atoms with Crippen molar-refractivity contribution in [3.8, 4) is 11.4 Å². The van der Waals surface area contributed by atoms with Gasteiger partial charge in [0.25, 0.3) is 0 Å². The number of amides is 1. The number of aromatic nitrogens is 3. The lowest BCUT2D eigenvalue weighted by atomic mass is 10.1. The molecule has 1 fully saturated rings. The second-order valence-corrected chi connectivity index (χ2v) is 8.70. The summed E-state index contributed by atoms with van der Waals surface area (Å²) < 4.78 is 12.9. The average molecular weight is 468 g/mol. The number of nitrogens with one attached hydrogen (secondary N) is 1. The second-order valence-electron chi connectivity index (χ2n) is 7.75. The topological polar surface area (TPSA) is 81.5 Å². The summed E-state index contributed by atoms with van der Waals surface area (Å²) in [6.07, 6.45) is 0.709. The van der Waals surface area contributed by atoms with E-state index in [0.29, 0.717) is 31.3 Å². The number of carbonyl (C=O) groups excluding carboxylic acids is 1. The van der Waals surface area contributed by atoms with Crippen molar-refractivity contribution >= 4 is 23.6 Å². The van der Waals surface area contributed by atoms with Crippen LogP contribution in [0.15, 0.2) is 53.7 Å². The number of thioether (sulfide) groups is 1. The monoisotopic (exact) mass is 467 g/mol. The SMILES string of the molecule is COc1ccccc1CCNC(=O)CSc1nnc(N2CCOCC2)n1-c1ccc(C)cc1. The minimum absolute atomic E-state index is 0.0405. The third kappa shape index (κ3) is 5.85. The second kappa shape index (κ2) is 11.2. The highest BCUT2D eigenvalue weighted by Gasteiger charge is 2.22. The molecule has 0 spiro atoms. The summed E-state index contributed by atoms with van der Waals surface area (Å²) >= 11 is 1.39. The van der Waals surface area contributed by atoms with Gasteiger partial charge in [-0.1, -0.05) is 47.7 Å². The molecule has 3 aromatic rings. The summed E-state index contributed by atoms with van der Waals surface area (Å²) in [5.74, 6) is 1.84. The van der Waals surface area contributed by atoms with E-state index in [1.807, 2.05) is 28.8 Å². The van der Waals surface area contributed by atoms with E-state index in [0.717, 1.165) is 36.0 Å². The van der Waals surface area contributed by atoms with Gasteiger partial charge in [-0.3, -0.25) is 9.36 Å². The lowest BCUT2D eigenvalue weighted by Gasteiger charge is -2.27. The Labute approximate surface area is 198 Å². The van der Waals surface area contributed by atoms with Gasteiger partial charge in [-0.2, -0.15) is 0 Å². The third-order valence-corrected chi connectivity index (χ3v) is 6.37. The van der Waals surface area contributed by atoms with Gasteiger partial charge in [-0.05, 0) is 37.1 Å². The molecule has 1 aromatic heterocycles. The molecule has 1 aliphatic rings. The molecule has 174 valence electrons. The van der Waals surface area contributed by atoms with E-state index in [4.69, 9.17) is 9.47 Å². The highest BCUT2D eigenvalue weighted by Crippen LogP contribution is 2.27. The minimum Gasteiger partial charge on any atom is -0.496 e. The van der Waals surface area contributed by atoms with Crippen LogP contribution in [-0.2, 0) is 16.0 Å². The predicted molar refractivity (Wildman–Crippen MR) is 130 cm³/mol. The van der Waals surface area contributed by atoms with Crippen LogP contribution in [0.5, 0.6) is 5.75 Å². The summed E-state index contributed by atoms with van der Waals surface area (Å²) in [5.41, 5.74) is 3.23. The molecule has 2 aromatic carbocycles. The van der Waals surface area contributed by atoms with Crippen molar-refractivity contribution in [2.75, 3.05) is 50.6 Å². The zero-order valence-corrected chi connectivity index (χ0v) is 19.8. The molecule has 1 amide bonds. The number of nitrogens with zero attached hydrogens (tertiary/aromatic N) is 4. The van der Waals surface area contributed by atoms with E-state index in [1.165, 1.54) is 17.3 Å². The van der Waals surface area contributed by atoms with Crippen LogP contribution in [0, 0.1) is 6.92 Å². The standard InChI is InChI=1S/C24H29N5O3S/c1-18-7-9-20(10-8-18)29-23(28-13-15-32-16-14-28)26-27-24(29)33-17-22(30)25-12-11-19-5-3-4-6-21(19)31-2/h3-10H,11-17H2,1-2H3,(H,25,30). The van der Waals surface area contributed by atoms with Crippen molar-refractivity contribution in [1.82, 2.24) is 20.1 Å². The number of methoxy groups -OCH3 is 1. The number of hydrogen-bond donors (Lipinski definition) is 1. The van der Waals surface area contributed by atoms with Gasteiger partial charge in [0.05, 0.1) is 31.8 Å². The summed E-state index contributed by atoms with van der Waals surface area (Å²) in [5, 5.41) is 12.5. The molecule has 0 atom stereocenters. The third-order valence-electron chi connectivity index (χ3n) is 5.44. The van der Waals surface area contributed by atoms with Crippen LogP contribution >= 0.6 is 11.8 Å². The van der Waals surface area contributed by atoms with Crippen molar-refractivity contribution < 1.29 is 14.3 Å². The van der Waals surface area contributed by atoms with Crippen LogP contribution in [0.4, 0.5) is 5.95 Å². The number of anilines is 1. The molecule has 9 heteroatoms. The fraction of sp³-hybridized carbons (Fsp3) is 0.375. The largest absolute Gasteiger partial charge is 0.496 e. The maximum atomic E-state index is 12.5. The molecule has 1 saturated heterocycles. The number of morpholine rings is 1. The molecule has 0 aliphatic carbocycles. The molecule has 1 N–H and O–H groups in total. The van der Waals surface area contributed by atoms with E-state index in [2.05, 4.69) is 51.6 Å². The van der Waals surface area contributed by atoms with E-state index in [9.17, 15) is 4.79 Å². The smallest absolute Gasteiger partial charge is 0.232 e. The number of hydrogen-bond acceptors (Lipinski definition) is 7. The van der Waals surface area contributed by atoms with Crippen LogP contribution in [-0.4, -0.2) is 66.4 Å². The van der Waals surface area contributed by atoms with Gasteiger partial charge < -0.3 is 19.7 Å². The van der Waals surface area contributed by atoms with Crippen molar-refractivity contribution in [2.24, 2.45) is 0 Å². The van der Waals surface area contributed by atoms with Crippen molar-refractivity contribution in [3.05, 3.63) is 59.7 Å². The Bertz CT molecular complexity index is 1060.